The van der Waals surface area contributed by atoms with E-state index in [9.17, 15) is 19.8 Å². The molecule has 10 heteroatoms. The Balaban J connectivity index is 1.71. The van der Waals surface area contributed by atoms with Crippen LogP contribution in [0.15, 0.2) is 65.9 Å². The fourth-order valence-electron chi connectivity index (χ4n) is 4.85. The Morgan fingerprint density at radius 2 is 1.37 bits per heavy atom. The largest absolute Gasteiger partial charge is 0.504 e. The highest BCUT2D eigenvalue weighted by Crippen LogP contribution is 2.37. The van der Waals surface area contributed by atoms with Crippen LogP contribution in [-0.2, 0) is 17.6 Å². The number of ketones is 1. The van der Waals surface area contributed by atoms with Gasteiger partial charge in [0.25, 0.3) is 0 Å². The van der Waals surface area contributed by atoms with Gasteiger partial charge in [0.1, 0.15) is 11.5 Å². The van der Waals surface area contributed by atoms with Crippen molar-refractivity contribution < 1.29 is 38.7 Å². The van der Waals surface area contributed by atoms with Gasteiger partial charge in [-0.3, -0.25) is 4.79 Å². The molecule has 0 aromatic heterocycles. The zero-order chi connectivity index (χ0) is 29.5. The summed E-state index contributed by atoms with van der Waals surface area (Å²) in [7, 11) is 6.00. The lowest BCUT2D eigenvalue weighted by molar-refractivity contribution is -0.116. The number of aromatic hydroxyl groups is 2. The van der Waals surface area contributed by atoms with Crippen LogP contribution < -0.4 is 29.6 Å². The first-order valence-corrected chi connectivity index (χ1v) is 13.0. The van der Waals surface area contributed by atoms with Crippen molar-refractivity contribution in [2.24, 2.45) is 0 Å². The molecule has 41 heavy (non-hydrogen) atoms. The highest BCUT2D eigenvalue weighted by atomic mass is 16.5. The van der Waals surface area contributed by atoms with Crippen LogP contribution in [0, 0.1) is 0 Å². The average molecular weight is 563 g/mol. The summed E-state index contributed by atoms with van der Waals surface area (Å²) in [6, 6.07) is 14.0. The quantitative estimate of drug-likeness (QED) is 0.252. The molecular weight excluding hydrogens is 528 g/mol. The van der Waals surface area contributed by atoms with Crippen LogP contribution in [0.25, 0.3) is 0 Å². The normalized spacial score (nSPS) is 14.6. The minimum absolute atomic E-state index is 0.0179. The predicted molar refractivity (Wildman–Crippen MR) is 152 cm³/mol. The van der Waals surface area contributed by atoms with Crippen LogP contribution >= 0.6 is 0 Å². The van der Waals surface area contributed by atoms with Crippen molar-refractivity contribution in [2.45, 2.75) is 31.7 Å². The molecule has 0 saturated carbocycles. The molecule has 1 unspecified atom stereocenters. The minimum Gasteiger partial charge on any atom is -0.504 e. The van der Waals surface area contributed by atoms with Gasteiger partial charge < -0.3 is 39.8 Å². The number of carbonyl (C=O) groups is 2. The minimum atomic E-state index is -0.768. The molecule has 3 aromatic rings. The van der Waals surface area contributed by atoms with Crippen molar-refractivity contribution >= 4 is 11.8 Å². The van der Waals surface area contributed by atoms with Gasteiger partial charge in [0.15, 0.2) is 28.8 Å². The van der Waals surface area contributed by atoms with Crippen LogP contribution in [0.1, 0.15) is 35.6 Å². The maximum absolute atomic E-state index is 13.9. The molecule has 1 heterocycles. The molecule has 0 bridgehead atoms. The number of Topliss-reactive ketones (excluding diaryl/α,β-unsaturated/α-hetero) is 1. The highest BCUT2D eigenvalue weighted by Gasteiger charge is 2.34. The zero-order valence-electron chi connectivity index (χ0n) is 23.4. The maximum Gasteiger partial charge on any atom is 0.319 e. The summed E-state index contributed by atoms with van der Waals surface area (Å²) in [5.41, 5.74) is 3.21. The third kappa shape index (κ3) is 6.66. The number of hydrogen-bond donors (Lipinski definition) is 4. The first-order chi connectivity index (χ1) is 19.8. The first-order valence-electron chi connectivity index (χ1n) is 13.0. The van der Waals surface area contributed by atoms with Crippen LogP contribution in [0.4, 0.5) is 4.79 Å². The number of hydrogen-bond acceptors (Lipinski definition) is 8. The Morgan fingerprint density at radius 1 is 0.756 bits per heavy atom. The van der Waals surface area contributed by atoms with Crippen molar-refractivity contribution in [1.82, 2.24) is 10.6 Å². The third-order valence-corrected chi connectivity index (χ3v) is 7.00. The van der Waals surface area contributed by atoms with Gasteiger partial charge in [-0.15, -0.1) is 0 Å². The topological polar surface area (TPSA) is 136 Å². The Morgan fingerprint density at radius 3 is 1.95 bits per heavy atom. The van der Waals surface area contributed by atoms with E-state index in [-0.39, 0.29) is 23.7 Å². The lowest BCUT2D eigenvalue weighted by atomic mass is 9.87. The van der Waals surface area contributed by atoms with Gasteiger partial charge in [0, 0.05) is 29.3 Å². The monoisotopic (exact) mass is 562 g/mol. The molecule has 0 saturated heterocycles. The van der Waals surface area contributed by atoms with E-state index in [2.05, 4.69) is 10.6 Å². The molecule has 1 aliphatic rings. The second-order valence-corrected chi connectivity index (χ2v) is 9.47. The highest BCUT2D eigenvalue weighted by molar-refractivity contribution is 6.00. The van der Waals surface area contributed by atoms with Crippen molar-refractivity contribution in [2.75, 3.05) is 28.4 Å². The molecule has 0 aliphatic carbocycles. The van der Waals surface area contributed by atoms with E-state index in [1.54, 1.807) is 55.6 Å². The van der Waals surface area contributed by atoms with E-state index in [1.165, 1.54) is 27.4 Å². The number of ether oxygens (including phenoxy) is 4. The number of amides is 2. The third-order valence-electron chi connectivity index (χ3n) is 7.00. The van der Waals surface area contributed by atoms with E-state index in [4.69, 9.17) is 18.9 Å². The number of benzene rings is 3. The Hall–Kier alpha value is -4.86. The van der Waals surface area contributed by atoms with E-state index in [0.717, 1.165) is 11.1 Å². The molecule has 3 aromatic carbocycles. The molecule has 4 rings (SSSR count). The number of phenols is 2. The molecule has 0 spiro atoms. The summed E-state index contributed by atoms with van der Waals surface area (Å²) >= 11 is 0. The van der Waals surface area contributed by atoms with Gasteiger partial charge in [-0.2, -0.15) is 0 Å². The van der Waals surface area contributed by atoms with Crippen molar-refractivity contribution in [3.8, 4) is 34.5 Å². The van der Waals surface area contributed by atoms with Crippen molar-refractivity contribution in [3.63, 3.8) is 0 Å². The second kappa shape index (κ2) is 13.0. The lowest BCUT2D eigenvalue weighted by Gasteiger charge is -2.31. The number of urea groups is 1. The van der Waals surface area contributed by atoms with Crippen molar-refractivity contribution in [1.29, 1.82) is 0 Å². The molecule has 216 valence electrons. The first kappa shape index (κ1) is 29.1. The van der Waals surface area contributed by atoms with Gasteiger partial charge >= 0.3 is 6.03 Å². The van der Waals surface area contributed by atoms with Gasteiger partial charge in [0.05, 0.1) is 34.5 Å². The van der Waals surface area contributed by atoms with Gasteiger partial charge in [-0.05, 0) is 66.8 Å². The van der Waals surface area contributed by atoms with Gasteiger partial charge in [0.2, 0.25) is 0 Å². The molecule has 2 amide bonds. The Bertz CT molecular complexity index is 1470. The van der Waals surface area contributed by atoms with E-state index < -0.39 is 12.1 Å². The average Bonchev–Trinajstić information content (AvgIpc) is 2.99. The summed E-state index contributed by atoms with van der Waals surface area (Å²) in [6.07, 6.45) is 1.36. The number of methoxy groups -OCH3 is 4. The second-order valence-electron chi connectivity index (χ2n) is 9.47. The summed E-state index contributed by atoms with van der Waals surface area (Å²) < 4.78 is 21.4. The van der Waals surface area contributed by atoms with Gasteiger partial charge in [-0.1, -0.05) is 12.1 Å². The maximum atomic E-state index is 13.9. The lowest BCUT2D eigenvalue weighted by Crippen LogP contribution is -2.46. The fraction of sp³-hybridized carbons (Fsp3) is 0.290. The summed E-state index contributed by atoms with van der Waals surface area (Å²) in [4.78, 5) is 26.8. The smallest absolute Gasteiger partial charge is 0.319 e. The number of rotatable bonds is 12. The van der Waals surface area contributed by atoms with E-state index >= 15 is 0 Å². The number of carbonyl (C=O) groups excluding carboxylic acids is 2. The molecule has 4 N–H and O–H groups in total. The fourth-order valence-corrected chi connectivity index (χ4v) is 4.85. The molecule has 10 nitrogen and oxygen atoms in total. The van der Waals surface area contributed by atoms with Gasteiger partial charge in [-0.25, -0.2) is 4.79 Å². The number of nitrogens with one attached hydrogen (secondary N) is 2. The summed E-state index contributed by atoms with van der Waals surface area (Å²) in [5, 5.41) is 25.6. The number of aryl methyl sites for hydroxylation is 2. The Labute approximate surface area is 238 Å². The molecule has 0 radical (unpaired) electrons. The number of phenolic OH excluding ortho intramolecular Hbond substituents is 2. The van der Waals surface area contributed by atoms with Crippen molar-refractivity contribution in [3.05, 3.63) is 82.6 Å². The standard InChI is InChI=1S/C31H34N2O8/c1-38-20-9-10-21(26(17-20)39-2)30-29(25(36)14-8-19-7-13-24(35)28(16-19)41-4)22(32-31(37)33-30)11-5-18-6-12-23(34)27(15-18)40-3/h6-7,9-10,12-13,15-17,30,34-35H,5,8,11,14H2,1-4H3,(H2,32,33,37). The molecular formula is C31H34N2O8. The van der Waals surface area contributed by atoms with Crippen LogP contribution in [0.3, 0.4) is 0 Å². The van der Waals surface area contributed by atoms with Crippen LogP contribution in [0.5, 0.6) is 34.5 Å². The van der Waals surface area contributed by atoms with E-state index in [1.807, 2.05) is 0 Å². The van der Waals surface area contributed by atoms with Crippen LogP contribution in [0.2, 0.25) is 0 Å². The predicted octanol–water partition coefficient (Wildman–Crippen LogP) is 4.57. The zero-order valence-corrected chi connectivity index (χ0v) is 23.4. The summed E-state index contributed by atoms with van der Waals surface area (Å²) in [6.45, 7) is 0. The molecule has 1 aliphatic heterocycles. The summed E-state index contributed by atoms with van der Waals surface area (Å²) in [5.74, 6) is 1.59. The Kier molecular flexibility index (Phi) is 9.23. The molecule has 0 fully saturated rings. The van der Waals surface area contributed by atoms with Crippen LogP contribution in [-0.4, -0.2) is 50.5 Å². The number of allylic oxidation sites excluding steroid dienone is 1. The molecule has 1 atom stereocenters. The van der Waals surface area contributed by atoms with E-state index in [0.29, 0.717) is 59.1 Å². The SMILES string of the molecule is COc1ccc(C2NC(=O)NC(CCc3ccc(O)c(OC)c3)=C2C(=O)CCc2ccc(O)c(OC)c2)c(OC)c1.